The van der Waals surface area contributed by atoms with Crippen molar-refractivity contribution >= 4 is 17.4 Å². The number of hydrogen-bond donors (Lipinski definition) is 1. The first-order valence-electron chi connectivity index (χ1n) is 6.56. The Morgan fingerprint density at radius 1 is 1.14 bits per heavy atom. The van der Waals surface area contributed by atoms with E-state index in [9.17, 15) is 22.8 Å². The van der Waals surface area contributed by atoms with Crippen LogP contribution in [0.2, 0.25) is 0 Å². The summed E-state index contributed by atoms with van der Waals surface area (Å²) in [6.07, 6.45) is -3.51. The fraction of sp³-hybridized carbons (Fsp3) is 0.429. The van der Waals surface area contributed by atoms with Crippen LogP contribution in [0.4, 0.5) is 18.9 Å². The van der Waals surface area contributed by atoms with E-state index in [1.807, 2.05) is 4.90 Å². The molecule has 114 valence electrons. The van der Waals surface area contributed by atoms with Crippen LogP contribution < -0.4 is 5.32 Å². The first-order valence-corrected chi connectivity index (χ1v) is 6.56. The van der Waals surface area contributed by atoms with Gasteiger partial charge in [0.05, 0.1) is 12.1 Å². The van der Waals surface area contributed by atoms with E-state index >= 15 is 0 Å². The van der Waals surface area contributed by atoms with Gasteiger partial charge in [0.1, 0.15) is 5.78 Å². The smallest absolute Gasteiger partial charge is 0.325 e. The van der Waals surface area contributed by atoms with Crippen molar-refractivity contribution in [2.75, 3.05) is 25.0 Å². The van der Waals surface area contributed by atoms with Gasteiger partial charge in [-0.15, -0.1) is 0 Å². The molecule has 4 nitrogen and oxygen atoms in total. The molecule has 1 aromatic carbocycles. The molecule has 0 atom stereocenters. The van der Waals surface area contributed by atoms with E-state index in [-0.39, 0.29) is 18.2 Å². The second-order valence-corrected chi connectivity index (χ2v) is 4.94. The molecule has 0 aromatic heterocycles. The zero-order chi connectivity index (χ0) is 15.5. The number of nitrogens with one attached hydrogen (secondary N) is 1. The summed E-state index contributed by atoms with van der Waals surface area (Å²) in [7, 11) is 0. The van der Waals surface area contributed by atoms with E-state index < -0.39 is 11.7 Å². The summed E-state index contributed by atoms with van der Waals surface area (Å²) in [6.45, 7) is 1.22. The number of carbonyl (C=O) groups is 2. The molecule has 21 heavy (non-hydrogen) atoms. The van der Waals surface area contributed by atoms with Gasteiger partial charge in [-0.1, -0.05) is 0 Å². The molecule has 2 rings (SSSR count). The lowest BCUT2D eigenvalue weighted by atomic mass is 10.1. The molecule has 1 amide bonds. The van der Waals surface area contributed by atoms with Crippen LogP contribution in [0.3, 0.4) is 0 Å². The molecule has 1 heterocycles. The molecule has 1 fully saturated rings. The van der Waals surface area contributed by atoms with Crippen molar-refractivity contribution in [1.82, 2.24) is 4.90 Å². The second kappa shape index (κ2) is 6.26. The van der Waals surface area contributed by atoms with Crippen molar-refractivity contribution in [3.63, 3.8) is 0 Å². The standard InChI is InChI=1S/C14H15F3N2O2/c15-14(16,17)10-1-3-11(4-2-10)18-13(21)9-19-7-5-12(20)6-8-19/h1-4H,5-9H2,(H,18,21). The lowest BCUT2D eigenvalue weighted by molar-refractivity contribution is -0.137. The molecule has 0 unspecified atom stereocenters. The van der Waals surface area contributed by atoms with Gasteiger partial charge in [-0.3, -0.25) is 14.5 Å². The zero-order valence-electron chi connectivity index (χ0n) is 11.2. The van der Waals surface area contributed by atoms with Crippen molar-refractivity contribution in [1.29, 1.82) is 0 Å². The Labute approximate surface area is 119 Å². The van der Waals surface area contributed by atoms with E-state index in [0.717, 1.165) is 12.1 Å². The highest BCUT2D eigenvalue weighted by atomic mass is 19.4. The van der Waals surface area contributed by atoms with Crippen LogP contribution in [0, 0.1) is 0 Å². The van der Waals surface area contributed by atoms with Gasteiger partial charge in [-0.05, 0) is 24.3 Å². The maximum atomic E-state index is 12.4. The Balaban J connectivity index is 1.86. The van der Waals surface area contributed by atoms with E-state index in [1.54, 1.807) is 0 Å². The second-order valence-electron chi connectivity index (χ2n) is 4.94. The summed E-state index contributed by atoms with van der Waals surface area (Å²) in [4.78, 5) is 24.7. The number of amides is 1. The third-order valence-corrected chi connectivity index (χ3v) is 3.28. The quantitative estimate of drug-likeness (QED) is 0.932. The number of rotatable bonds is 3. The Hall–Kier alpha value is -1.89. The number of piperidine rings is 1. The summed E-state index contributed by atoms with van der Waals surface area (Å²) < 4.78 is 37.2. The third kappa shape index (κ3) is 4.56. The average molecular weight is 300 g/mol. The Kier molecular flexibility index (Phi) is 4.62. The molecule has 0 bridgehead atoms. The number of alkyl halides is 3. The maximum Gasteiger partial charge on any atom is 0.416 e. The number of nitrogens with zero attached hydrogens (tertiary/aromatic N) is 1. The number of halogens is 3. The summed E-state index contributed by atoms with van der Waals surface area (Å²) in [5.41, 5.74) is -0.434. The largest absolute Gasteiger partial charge is 0.416 e. The Morgan fingerprint density at radius 3 is 2.24 bits per heavy atom. The van der Waals surface area contributed by atoms with Crippen LogP contribution in [0.15, 0.2) is 24.3 Å². The van der Waals surface area contributed by atoms with Crippen LogP contribution in [0.5, 0.6) is 0 Å². The minimum absolute atomic E-state index is 0.133. The lowest BCUT2D eigenvalue weighted by Gasteiger charge is -2.24. The fourth-order valence-electron chi connectivity index (χ4n) is 2.11. The molecule has 1 aliphatic heterocycles. The molecule has 1 saturated heterocycles. The van der Waals surface area contributed by atoms with Crippen molar-refractivity contribution in [2.45, 2.75) is 19.0 Å². The number of benzene rings is 1. The summed E-state index contributed by atoms with van der Waals surface area (Å²) in [5, 5.41) is 2.55. The van der Waals surface area contributed by atoms with Crippen molar-refractivity contribution < 1.29 is 22.8 Å². The summed E-state index contributed by atoms with van der Waals surface area (Å²) >= 11 is 0. The lowest BCUT2D eigenvalue weighted by Crippen LogP contribution is -2.39. The Bertz CT molecular complexity index is 516. The topological polar surface area (TPSA) is 49.4 Å². The number of ketones is 1. The number of Topliss-reactive ketones (excluding diaryl/α,β-unsaturated/α-hetero) is 1. The van der Waals surface area contributed by atoms with Gasteiger partial charge in [0, 0.05) is 31.6 Å². The van der Waals surface area contributed by atoms with Gasteiger partial charge >= 0.3 is 6.18 Å². The molecule has 0 radical (unpaired) electrons. The predicted octanol–water partition coefficient (Wildman–Crippen LogP) is 2.31. The minimum Gasteiger partial charge on any atom is -0.325 e. The van der Waals surface area contributed by atoms with Crippen LogP contribution in [-0.4, -0.2) is 36.2 Å². The highest BCUT2D eigenvalue weighted by molar-refractivity contribution is 5.92. The van der Waals surface area contributed by atoms with E-state index in [1.165, 1.54) is 12.1 Å². The van der Waals surface area contributed by atoms with Gasteiger partial charge in [0.2, 0.25) is 5.91 Å². The SMILES string of the molecule is O=C1CCN(CC(=O)Nc2ccc(C(F)(F)F)cc2)CC1. The van der Waals surface area contributed by atoms with Crippen LogP contribution in [-0.2, 0) is 15.8 Å². The van der Waals surface area contributed by atoms with E-state index in [0.29, 0.717) is 31.6 Å². The first kappa shape index (κ1) is 15.5. The molecular weight excluding hydrogens is 285 g/mol. The van der Waals surface area contributed by atoms with Crippen molar-refractivity contribution in [2.24, 2.45) is 0 Å². The van der Waals surface area contributed by atoms with Crippen molar-refractivity contribution in [3.05, 3.63) is 29.8 Å². The third-order valence-electron chi connectivity index (χ3n) is 3.28. The number of hydrogen-bond acceptors (Lipinski definition) is 3. The van der Waals surface area contributed by atoms with Crippen LogP contribution >= 0.6 is 0 Å². The molecule has 0 spiro atoms. The number of anilines is 1. The van der Waals surface area contributed by atoms with Gasteiger partial charge in [-0.2, -0.15) is 13.2 Å². The first-order chi connectivity index (χ1) is 9.84. The molecule has 1 N–H and O–H groups in total. The normalized spacial score (nSPS) is 16.8. The molecular formula is C14H15F3N2O2. The predicted molar refractivity (Wildman–Crippen MR) is 70.8 cm³/mol. The zero-order valence-corrected chi connectivity index (χ0v) is 11.2. The molecule has 1 aromatic rings. The molecule has 1 aliphatic rings. The Morgan fingerprint density at radius 2 is 1.71 bits per heavy atom. The van der Waals surface area contributed by atoms with Gasteiger partial charge in [0.25, 0.3) is 0 Å². The average Bonchev–Trinajstić information content (AvgIpc) is 2.41. The molecule has 0 aliphatic carbocycles. The van der Waals surface area contributed by atoms with E-state index in [4.69, 9.17) is 0 Å². The number of likely N-dealkylation sites (tertiary alicyclic amines) is 1. The van der Waals surface area contributed by atoms with E-state index in [2.05, 4.69) is 5.32 Å². The highest BCUT2D eigenvalue weighted by Crippen LogP contribution is 2.29. The molecule has 7 heteroatoms. The summed E-state index contributed by atoms with van der Waals surface area (Å²) in [5.74, 6) is -0.112. The van der Waals surface area contributed by atoms with Gasteiger partial charge in [0.15, 0.2) is 0 Å². The van der Waals surface area contributed by atoms with Gasteiger partial charge < -0.3 is 5.32 Å². The maximum absolute atomic E-state index is 12.4. The monoisotopic (exact) mass is 300 g/mol. The highest BCUT2D eigenvalue weighted by Gasteiger charge is 2.30. The van der Waals surface area contributed by atoms with Gasteiger partial charge in [-0.25, -0.2) is 0 Å². The van der Waals surface area contributed by atoms with Crippen LogP contribution in [0.1, 0.15) is 18.4 Å². The fourth-order valence-corrected chi connectivity index (χ4v) is 2.11. The summed E-state index contributed by atoms with van der Waals surface area (Å²) in [6, 6.07) is 4.30. The van der Waals surface area contributed by atoms with Crippen molar-refractivity contribution in [3.8, 4) is 0 Å². The van der Waals surface area contributed by atoms with Crippen LogP contribution in [0.25, 0.3) is 0 Å². The minimum atomic E-state index is -4.39. The number of carbonyl (C=O) groups excluding carboxylic acids is 2. The molecule has 0 saturated carbocycles.